The van der Waals surface area contributed by atoms with Gasteiger partial charge in [-0.25, -0.2) is 0 Å². The fourth-order valence-electron chi connectivity index (χ4n) is 1.56. The van der Waals surface area contributed by atoms with Gasteiger partial charge in [0.05, 0.1) is 4.87 Å². The van der Waals surface area contributed by atoms with Crippen molar-refractivity contribution in [1.29, 1.82) is 0 Å². The van der Waals surface area contributed by atoms with Gasteiger partial charge >= 0.3 is 0 Å². The first-order chi connectivity index (χ1) is 5.08. The van der Waals surface area contributed by atoms with Crippen molar-refractivity contribution in [3.63, 3.8) is 0 Å². The van der Waals surface area contributed by atoms with Gasteiger partial charge in [-0.05, 0) is 26.7 Å². The van der Waals surface area contributed by atoms with E-state index in [1.807, 2.05) is 0 Å². The zero-order valence-corrected chi connectivity index (χ0v) is 8.12. The van der Waals surface area contributed by atoms with E-state index < -0.39 is 0 Å². The molecule has 1 fully saturated rings. The standard InChI is InChI=1S/C9H16ClN/c1-4-11-7-5-6-9(3,10)8(11)2/h2,4-7H2,1,3H3. The van der Waals surface area contributed by atoms with Gasteiger partial charge in [0.2, 0.25) is 0 Å². The molecule has 1 saturated heterocycles. The molecule has 0 aromatic heterocycles. The lowest BCUT2D eigenvalue weighted by Crippen LogP contribution is -2.39. The molecule has 0 bridgehead atoms. The molecule has 0 aromatic carbocycles. The first-order valence-corrected chi connectivity index (χ1v) is 4.59. The molecule has 1 atom stereocenters. The molecule has 1 rings (SSSR count). The van der Waals surface area contributed by atoms with Crippen molar-refractivity contribution in [3.05, 3.63) is 12.3 Å². The molecule has 1 aliphatic rings. The van der Waals surface area contributed by atoms with Crippen molar-refractivity contribution in [2.75, 3.05) is 13.1 Å². The Balaban J connectivity index is 2.68. The lowest BCUT2D eigenvalue weighted by Gasteiger charge is -2.39. The van der Waals surface area contributed by atoms with Crippen LogP contribution >= 0.6 is 11.6 Å². The van der Waals surface area contributed by atoms with Crippen molar-refractivity contribution < 1.29 is 0 Å². The Morgan fingerprint density at radius 1 is 1.73 bits per heavy atom. The van der Waals surface area contributed by atoms with Crippen LogP contribution in [0.25, 0.3) is 0 Å². The second-order valence-corrected chi connectivity index (χ2v) is 4.16. The van der Waals surface area contributed by atoms with E-state index in [1.165, 1.54) is 6.42 Å². The van der Waals surface area contributed by atoms with E-state index in [2.05, 4.69) is 25.3 Å². The molecule has 2 heteroatoms. The summed E-state index contributed by atoms with van der Waals surface area (Å²) in [4.78, 5) is 2.07. The fourth-order valence-corrected chi connectivity index (χ4v) is 1.81. The largest absolute Gasteiger partial charge is 0.374 e. The average Bonchev–Trinajstić information content (AvgIpc) is 1.95. The van der Waals surface area contributed by atoms with Gasteiger partial charge in [0.15, 0.2) is 0 Å². The van der Waals surface area contributed by atoms with Gasteiger partial charge in [0.1, 0.15) is 0 Å². The van der Waals surface area contributed by atoms with E-state index in [4.69, 9.17) is 11.6 Å². The molecule has 0 amide bonds. The molecular weight excluding hydrogens is 158 g/mol. The van der Waals surface area contributed by atoms with Gasteiger partial charge in [-0.3, -0.25) is 0 Å². The van der Waals surface area contributed by atoms with Crippen LogP contribution in [0.1, 0.15) is 26.7 Å². The third-order valence-corrected chi connectivity index (χ3v) is 2.85. The van der Waals surface area contributed by atoms with Crippen LogP contribution in [0, 0.1) is 0 Å². The number of alkyl halides is 1. The number of rotatable bonds is 1. The van der Waals surface area contributed by atoms with Crippen molar-refractivity contribution in [3.8, 4) is 0 Å². The summed E-state index contributed by atoms with van der Waals surface area (Å²) < 4.78 is 0. The molecule has 0 saturated carbocycles. The van der Waals surface area contributed by atoms with Crippen LogP contribution in [-0.4, -0.2) is 22.9 Å². The fraction of sp³-hybridized carbons (Fsp3) is 0.778. The molecular formula is C9H16ClN. The molecule has 1 nitrogen and oxygen atoms in total. The highest BCUT2D eigenvalue weighted by atomic mass is 35.5. The monoisotopic (exact) mass is 173 g/mol. The highest BCUT2D eigenvalue weighted by molar-refractivity contribution is 6.25. The highest BCUT2D eigenvalue weighted by Crippen LogP contribution is 2.34. The SMILES string of the molecule is C=C1N(CC)CCCC1(C)Cl. The van der Waals surface area contributed by atoms with E-state index in [0.29, 0.717) is 0 Å². The lowest BCUT2D eigenvalue weighted by molar-refractivity contribution is 0.275. The maximum atomic E-state index is 6.25. The normalized spacial score (nSPS) is 32.6. The van der Waals surface area contributed by atoms with E-state index in [-0.39, 0.29) is 4.87 Å². The molecule has 64 valence electrons. The third kappa shape index (κ3) is 1.70. The maximum absolute atomic E-state index is 6.25. The highest BCUT2D eigenvalue weighted by Gasteiger charge is 2.31. The molecule has 0 aliphatic carbocycles. The van der Waals surface area contributed by atoms with Crippen molar-refractivity contribution in [1.82, 2.24) is 4.90 Å². The van der Waals surface area contributed by atoms with Crippen LogP contribution < -0.4 is 0 Å². The summed E-state index contributed by atoms with van der Waals surface area (Å²) in [5.41, 5.74) is 1.09. The van der Waals surface area contributed by atoms with Crippen LogP contribution in [0.5, 0.6) is 0 Å². The number of nitrogens with zero attached hydrogens (tertiary/aromatic N) is 1. The molecule has 0 N–H and O–H groups in total. The van der Waals surface area contributed by atoms with Crippen LogP contribution in [0.2, 0.25) is 0 Å². The topological polar surface area (TPSA) is 3.24 Å². The van der Waals surface area contributed by atoms with Crippen molar-refractivity contribution in [2.45, 2.75) is 31.6 Å². The molecule has 1 unspecified atom stereocenters. The molecule has 1 heterocycles. The maximum Gasteiger partial charge on any atom is 0.0809 e. The predicted octanol–water partition coefficient (Wildman–Crippen LogP) is 2.61. The average molecular weight is 174 g/mol. The Morgan fingerprint density at radius 2 is 2.36 bits per heavy atom. The van der Waals surface area contributed by atoms with Crippen LogP contribution in [-0.2, 0) is 0 Å². The van der Waals surface area contributed by atoms with Gasteiger partial charge in [0, 0.05) is 18.8 Å². The quantitative estimate of drug-likeness (QED) is 0.551. The first-order valence-electron chi connectivity index (χ1n) is 4.21. The molecule has 11 heavy (non-hydrogen) atoms. The summed E-state index contributed by atoms with van der Waals surface area (Å²) in [6, 6.07) is 0. The molecule has 0 aromatic rings. The number of hydrogen-bond acceptors (Lipinski definition) is 1. The Morgan fingerprint density at radius 3 is 2.82 bits per heavy atom. The van der Waals surface area contributed by atoms with E-state index in [1.54, 1.807) is 0 Å². The van der Waals surface area contributed by atoms with Crippen LogP contribution in [0.4, 0.5) is 0 Å². The van der Waals surface area contributed by atoms with Gasteiger partial charge in [-0.15, -0.1) is 11.6 Å². The van der Waals surface area contributed by atoms with Crippen molar-refractivity contribution >= 4 is 11.6 Å². The molecule has 1 aliphatic heterocycles. The van der Waals surface area contributed by atoms with Gasteiger partial charge in [0.25, 0.3) is 0 Å². The molecule has 0 spiro atoms. The Labute approximate surface area is 74.0 Å². The summed E-state index contributed by atoms with van der Waals surface area (Å²) in [6.07, 6.45) is 2.25. The number of likely N-dealkylation sites (tertiary alicyclic amines) is 1. The van der Waals surface area contributed by atoms with Gasteiger partial charge in [-0.1, -0.05) is 6.58 Å². The number of piperidine rings is 1. The smallest absolute Gasteiger partial charge is 0.0809 e. The molecule has 0 radical (unpaired) electrons. The second kappa shape index (κ2) is 3.06. The minimum Gasteiger partial charge on any atom is -0.374 e. The minimum absolute atomic E-state index is 0.186. The summed E-state index contributed by atoms with van der Waals surface area (Å²) in [6.45, 7) is 10.4. The number of hydrogen-bond donors (Lipinski definition) is 0. The summed E-state index contributed by atoms with van der Waals surface area (Å²) in [5.74, 6) is 0. The predicted molar refractivity (Wildman–Crippen MR) is 49.9 cm³/mol. The van der Waals surface area contributed by atoms with Crippen molar-refractivity contribution in [2.24, 2.45) is 0 Å². The van der Waals surface area contributed by atoms with E-state index in [0.717, 1.165) is 25.2 Å². The van der Waals surface area contributed by atoms with E-state index in [9.17, 15) is 0 Å². The zero-order valence-electron chi connectivity index (χ0n) is 7.36. The Kier molecular flexibility index (Phi) is 2.48. The summed E-state index contributed by atoms with van der Waals surface area (Å²) >= 11 is 6.25. The Hall–Kier alpha value is -0.170. The van der Waals surface area contributed by atoms with Crippen LogP contribution in [0.3, 0.4) is 0 Å². The van der Waals surface area contributed by atoms with Gasteiger partial charge < -0.3 is 4.90 Å². The van der Waals surface area contributed by atoms with Gasteiger partial charge in [-0.2, -0.15) is 0 Å². The Bertz CT molecular complexity index is 163. The van der Waals surface area contributed by atoms with Crippen LogP contribution in [0.15, 0.2) is 12.3 Å². The summed E-state index contributed by atoms with van der Waals surface area (Å²) in [7, 11) is 0. The second-order valence-electron chi connectivity index (χ2n) is 3.33. The summed E-state index contributed by atoms with van der Waals surface area (Å²) in [5, 5.41) is 0. The number of halogens is 1. The first kappa shape index (κ1) is 8.92. The minimum atomic E-state index is -0.186. The zero-order chi connectivity index (χ0) is 8.48. The number of allylic oxidation sites excluding steroid dienone is 1. The third-order valence-electron chi connectivity index (χ3n) is 2.44. The van der Waals surface area contributed by atoms with E-state index >= 15 is 0 Å². The lowest BCUT2D eigenvalue weighted by atomic mass is 9.96.